The summed E-state index contributed by atoms with van der Waals surface area (Å²) < 4.78 is 0. The summed E-state index contributed by atoms with van der Waals surface area (Å²) in [7, 11) is 0. The van der Waals surface area contributed by atoms with Gasteiger partial charge in [0.2, 0.25) is 0 Å². The number of fused-ring (bicyclic) bond motifs is 1. The van der Waals surface area contributed by atoms with Crippen molar-refractivity contribution in [1.29, 1.82) is 0 Å². The standard InChI is InChI=1S/C18H21NS/c1-2-19(13-15-8-4-3-5-9-15)14-17-12-16-10-6-7-11-18(16)20-17/h3-11,17H,2,12-14H2,1H3. The van der Waals surface area contributed by atoms with E-state index in [0.717, 1.165) is 13.1 Å². The minimum Gasteiger partial charge on any atom is -0.298 e. The number of rotatable bonds is 5. The Balaban J connectivity index is 1.60. The molecule has 0 radical (unpaired) electrons. The molecule has 3 rings (SSSR count). The maximum Gasteiger partial charge on any atom is 0.0263 e. The molecular weight excluding hydrogens is 262 g/mol. The lowest BCUT2D eigenvalue weighted by Crippen LogP contribution is -2.30. The highest BCUT2D eigenvalue weighted by Gasteiger charge is 2.23. The molecule has 0 saturated heterocycles. The molecule has 1 aliphatic rings. The van der Waals surface area contributed by atoms with Gasteiger partial charge in [-0.2, -0.15) is 0 Å². The van der Waals surface area contributed by atoms with Gasteiger partial charge in [0.15, 0.2) is 0 Å². The minimum absolute atomic E-state index is 0.705. The molecule has 0 saturated carbocycles. The first kappa shape index (κ1) is 13.7. The van der Waals surface area contributed by atoms with E-state index in [1.807, 2.05) is 11.8 Å². The number of hydrogen-bond acceptors (Lipinski definition) is 2. The second kappa shape index (κ2) is 6.47. The quantitative estimate of drug-likeness (QED) is 0.808. The molecule has 2 aromatic carbocycles. The van der Waals surface area contributed by atoms with Crippen LogP contribution in [-0.2, 0) is 13.0 Å². The van der Waals surface area contributed by atoms with Crippen molar-refractivity contribution in [3.63, 3.8) is 0 Å². The Bertz CT molecular complexity index is 527. The third kappa shape index (κ3) is 3.25. The zero-order valence-electron chi connectivity index (χ0n) is 12.0. The molecular formula is C18H21NS. The van der Waals surface area contributed by atoms with Gasteiger partial charge in [-0.05, 0) is 30.2 Å². The maximum absolute atomic E-state index is 2.55. The predicted octanol–water partition coefficient (Wildman–Crippen LogP) is 4.23. The zero-order valence-corrected chi connectivity index (χ0v) is 12.8. The van der Waals surface area contributed by atoms with E-state index in [-0.39, 0.29) is 0 Å². The fourth-order valence-electron chi connectivity index (χ4n) is 2.79. The molecule has 1 unspecified atom stereocenters. The average molecular weight is 283 g/mol. The van der Waals surface area contributed by atoms with E-state index in [9.17, 15) is 0 Å². The molecule has 1 heterocycles. The highest BCUT2D eigenvalue weighted by molar-refractivity contribution is 8.00. The molecule has 2 aromatic rings. The van der Waals surface area contributed by atoms with Gasteiger partial charge in [-0.3, -0.25) is 4.90 Å². The summed E-state index contributed by atoms with van der Waals surface area (Å²) in [6, 6.07) is 19.6. The summed E-state index contributed by atoms with van der Waals surface area (Å²) in [6.45, 7) is 5.60. The SMILES string of the molecule is CCN(Cc1ccccc1)CC1Cc2ccccc2S1. The first-order chi connectivity index (χ1) is 9.85. The van der Waals surface area contributed by atoms with Crippen LogP contribution in [0.2, 0.25) is 0 Å². The van der Waals surface area contributed by atoms with Gasteiger partial charge >= 0.3 is 0 Å². The van der Waals surface area contributed by atoms with E-state index in [2.05, 4.69) is 66.4 Å². The Morgan fingerprint density at radius 1 is 1.05 bits per heavy atom. The molecule has 1 aliphatic heterocycles. The number of nitrogens with zero attached hydrogens (tertiary/aromatic N) is 1. The summed E-state index contributed by atoms with van der Waals surface area (Å²) in [5.74, 6) is 0. The normalized spacial score (nSPS) is 17.4. The Kier molecular flexibility index (Phi) is 4.44. The molecule has 0 spiro atoms. The Morgan fingerprint density at radius 3 is 2.55 bits per heavy atom. The second-order valence-corrected chi connectivity index (χ2v) is 6.71. The summed E-state index contributed by atoms with van der Waals surface area (Å²) in [4.78, 5) is 4.03. The fourth-order valence-corrected chi connectivity index (χ4v) is 4.16. The average Bonchev–Trinajstić information content (AvgIpc) is 2.90. The van der Waals surface area contributed by atoms with Gasteiger partial charge in [0.1, 0.15) is 0 Å². The molecule has 1 atom stereocenters. The molecule has 0 aromatic heterocycles. The van der Waals surface area contributed by atoms with Crippen LogP contribution >= 0.6 is 11.8 Å². The third-order valence-electron chi connectivity index (χ3n) is 3.87. The van der Waals surface area contributed by atoms with E-state index in [1.54, 1.807) is 0 Å². The molecule has 2 heteroatoms. The second-order valence-electron chi connectivity index (χ2n) is 5.37. The molecule has 0 bridgehead atoms. The van der Waals surface area contributed by atoms with Crippen molar-refractivity contribution in [2.75, 3.05) is 13.1 Å². The van der Waals surface area contributed by atoms with Crippen molar-refractivity contribution >= 4 is 11.8 Å². The van der Waals surface area contributed by atoms with E-state index in [4.69, 9.17) is 0 Å². The Hall–Kier alpha value is -1.25. The third-order valence-corrected chi connectivity index (χ3v) is 5.17. The first-order valence-corrected chi connectivity index (χ1v) is 8.24. The molecule has 0 amide bonds. The van der Waals surface area contributed by atoms with Gasteiger partial charge in [0.25, 0.3) is 0 Å². The summed E-state index contributed by atoms with van der Waals surface area (Å²) in [5, 5.41) is 0.705. The Labute approximate surface area is 126 Å². The van der Waals surface area contributed by atoms with Crippen LogP contribution in [0.15, 0.2) is 59.5 Å². The Morgan fingerprint density at radius 2 is 1.80 bits per heavy atom. The fraction of sp³-hybridized carbons (Fsp3) is 0.333. The van der Waals surface area contributed by atoms with Crippen molar-refractivity contribution in [2.45, 2.75) is 30.0 Å². The summed E-state index contributed by atoms with van der Waals surface area (Å²) in [5.41, 5.74) is 2.94. The predicted molar refractivity (Wildman–Crippen MR) is 87.2 cm³/mol. The molecule has 1 nitrogen and oxygen atoms in total. The lowest BCUT2D eigenvalue weighted by molar-refractivity contribution is 0.281. The van der Waals surface area contributed by atoms with Gasteiger partial charge in [0, 0.05) is 23.2 Å². The highest BCUT2D eigenvalue weighted by atomic mass is 32.2. The van der Waals surface area contributed by atoms with Crippen molar-refractivity contribution in [2.24, 2.45) is 0 Å². The van der Waals surface area contributed by atoms with Crippen LogP contribution in [-0.4, -0.2) is 23.2 Å². The smallest absolute Gasteiger partial charge is 0.0263 e. The van der Waals surface area contributed by atoms with Crippen LogP contribution in [0, 0.1) is 0 Å². The van der Waals surface area contributed by atoms with Gasteiger partial charge < -0.3 is 0 Å². The van der Waals surface area contributed by atoms with Crippen LogP contribution < -0.4 is 0 Å². The monoisotopic (exact) mass is 283 g/mol. The van der Waals surface area contributed by atoms with Gasteiger partial charge in [-0.25, -0.2) is 0 Å². The molecule has 104 valence electrons. The van der Waals surface area contributed by atoms with Crippen LogP contribution in [0.4, 0.5) is 0 Å². The first-order valence-electron chi connectivity index (χ1n) is 7.36. The summed E-state index contributed by atoms with van der Waals surface area (Å²) >= 11 is 2.05. The minimum atomic E-state index is 0.705. The topological polar surface area (TPSA) is 3.24 Å². The van der Waals surface area contributed by atoms with Gasteiger partial charge in [-0.1, -0.05) is 55.5 Å². The van der Waals surface area contributed by atoms with Gasteiger partial charge in [-0.15, -0.1) is 11.8 Å². The number of hydrogen-bond donors (Lipinski definition) is 0. The van der Waals surface area contributed by atoms with Crippen LogP contribution in [0.5, 0.6) is 0 Å². The van der Waals surface area contributed by atoms with E-state index in [0.29, 0.717) is 5.25 Å². The lowest BCUT2D eigenvalue weighted by Gasteiger charge is -2.23. The van der Waals surface area contributed by atoms with Crippen molar-refractivity contribution < 1.29 is 0 Å². The maximum atomic E-state index is 2.55. The largest absolute Gasteiger partial charge is 0.298 e. The van der Waals surface area contributed by atoms with Crippen molar-refractivity contribution in [1.82, 2.24) is 4.90 Å². The van der Waals surface area contributed by atoms with Gasteiger partial charge in [0.05, 0.1) is 0 Å². The van der Waals surface area contributed by atoms with Crippen LogP contribution in [0.3, 0.4) is 0 Å². The molecule has 20 heavy (non-hydrogen) atoms. The van der Waals surface area contributed by atoms with Crippen molar-refractivity contribution in [3.05, 3.63) is 65.7 Å². The van der Waals surface area contributed by atoms with Crippen molar-refractivity contribution in [3.8, 4) is 0 Å². The number of benzene rings is 2. The molecule has 0 N–H and O–H groups in total. The van der Waals surface area contributed by atoms with E-state index >= 15 is 0 Å². The van der Waals surface area contributed by atoms with E-state index < -0.39 is 0 Å². The number of thioether (sulfide) groups is 1. The molecule has 0 aliphatic carbocycles. The highest BCUT2D eigenvalue weighted by Crippen LogP contribution is 2.37. The zero-order chi connectivity index (χ0) is 13.8. The van der Waals surface area contributed by atoms with Crippen LogP contribution in [0.1, 0.15) is 18.1 Å². The van der Waals surface area contributed by atoms with E-state index in [1.165, 1.54) is 29.0 Å². The molecule has 0 fully saturated rings. The van der Waals surface area contributed by atoms with Crippen LogP contribution in [0.25, 0.3) is 0 Å². The summed E-state index contributed by atoms with van der Waals surface area (Å²) in [6.07, 6.45) is 1.21. The lowest BCUT2D eigenvalue weighted by atomic mass is 10.1.